The van der Waals surface area contributed by atoms with E-state index in [1.165, 1.54) is 0 Å². The molecule has 0 radical (unpaired) electrons. The second kappa shape index (κ2) is 3.34. The van der Waals surface area contributed by atoms with Crippen LogP contribution in [0.25, 0.3) is 0 Å². The van der Waals surface area contributed by atoms with Crippen molar-refractivity contribution in [2.75, 3.05) is 7.11 Å². The fraction of sp³-hybridized carbons (Fsp3) is 0.375. The number of hydrogen-bond donors (Lipinski definition) is 1. The number of aliphatic hydroxyl groups excluding tert-OH is 1. The van der Waals surface area contributed by atoms with Gasteiger partial charge in [-0.15, -0.1) is 0 Å². The summed E-state index contributed by atoms with van der Waals surface area (Å²) in [6.07, 6.45) is 1.66. The van der Waals surface area contributed by atoms with E-state index in [2.05, 4.69) is 4.98 Å². The van der Waals surface area contributed by atoms with E-state index in [9.17, 15) is 0 Å². The molecule has 1 N–H and O–H groups in total. The third-order valence-electron chi connectivity index (χ3n) is 1.54. The highest BCUT2D eigenvalue weighted by Crippen LogP contribution is 2.20. The fourth-order valence-electron chi connectivity index (χ4n) is 1.01. The number of hydrogen-bond acceptors (Lipinski definition) is 3. The van der Waals surface area contributed by atoms with E-state index in [0.29, 0.717) is 5.75 Å². The molecule has 1 heterocycles. The van der Waals surface area contributed by atoms with Gasteiger partial charge in [0.25, 0.3) is 0 Å². The Morgan fingerprint density at radius 1 is 1.64 bits per heavy atom. The summed E-state index contributed by atoms with van der Waals surface area (Å²) in [4.78, 5) is 4.02. The van der Waals surface area contributed by atoms with Gasteiger partial charge in [0.1, 0.15) is 5.75 Å². The topological polar surface area (TPSA) is 42.4 Å². The first-order valence-electron chi connectivity index (χ1n) is 3.39. The quantitative estimate of drug-likeness (QED) is 0.686. The van der Waals surface area contributed by atoms with Crippen molar-refractivity contribution in [1.82, 2.24) is 4.98 Å². The Balaban J connectivity index is 3.13. The number of nitrogens with zero attached hydrogens (tertiary/aromatic N) is 1. The first kappa shape index (κ1) is 8.01. The number of pyridine rings is 1. The van der Waals surface area contributed by atoms with Crippen molar-refractivity contribution in [3.63, 3.8) is 0 Å². The first-order chi connectivity index (χ1) is 5.29. The molecular weight excluding hydrogens is 142 g/mol. The van der Waals surface area contributed by atoms with Gasteiger partial charge in [0, 0.05) is 11.8 Å². The van der Waals surface area contributed by atoms with E-state index < -0.39 is 0 Å². The number of aromatic nitrogens is 1. The number of rotatable bonds is 2. The van der Waals surface area contributed by atoms with Gasteiger partial charge in [-0.25, -0.2) is 0 Å². The Bertz CT molecular complexity index is 248. The number of aryl methyl sites for hydroxylation is 1. The van der Waals surface area contributed by atoms with Gasteiger partial charge in [-0.2, -0.15) is 0 Å². The normalized spacial score (nSPS) is 9.73. The minimum Gasteiger partial charge on any atom is -0.494 e. The molecule has 0 aliphatic rings. The van der Waals surface area contributed by atoms with E-state index in [-0.39, 0.29) is 6.61 Å². The molecule has 60 valence electrons. The molecule has 3 nitrogen and oxygen atoms in total. The van der Waals surface area contributed by atoms with Crippen molar-refractivity contribution in [3.05, 3.63) is 23.5 Å². The minimum atomic E-state index is -0.00741. The molecule has 0 atom stereocenters. The Labute approximate surface area is 65.7 Å². The summed E-state index contributed by atoms with van der Waals surface area (Å²) < 4.78 is 5.04. The van der Waals surface area contributed by atoms with Crippen LogP contribution in [0.5, 0.6) is 5.75 Å². The predicted molar refractivity (Wildman–Crippen MR) is 41.4 cm³/mol. The van der Waals surface area contributed by atoms with E-state index in [0.717, 1.165) is 11.3 Å². The van der Waals surface area contributed by atoms with Gasteiger partial charge in [0.05, 0.1) is 19.4 Å². The smallest absolute Gasteiger partial charge is 0.145 e. The van der Waals surface area contributed by atoms with Crippen molar-refractivity contribution >= 4 is 0 Å². The molecule has 3 heteroatoms. The monoisotopic (exact) mass is 153 g/mol. The lowest BCUT2D eigenvalue weighted by Crippen LogP contribution is -1.96. The van der Waals surface area contributed by atoms with E-state index in [1.807, 2.05) is 6.92 Å². The summed E-state index contributed by atoms with van der Waals surface area (Å²) in [6, 6.07) is 1.74. The molecule has 1 aromatic rings. The van der Waals surface area contributed by atoms with Gasteiger partial charge < -0.3 is 9.84 Å². The Morgan fingerprint density at radius 2 is 2.36 bits per heavy atom. The summed E-state index contributed by atoms with van der Waals surface area (Å²) in [6.45, 7) is 1.84. The zero-order valence-corrected chi connectivity index (χ0v) is 6.66. The molecule has 1 aromatic heterocycles. The Morgan fingerprint density at radius 3 is 2.82 bits per heavy atom. The van der Waals surface area contributed by atoms with E-state index in [4.69, 9.17) is 9.84 Å². The maximum atomic E-state index is 8.87. The van der Waals surface area contributed by atoms with E-state index >= 15 is 0 Å². The summed E-state index contributed by atoms with van der Waals surface area (Å²) in [5.74, 6) is 0.676. The van der Waals surface area contributed by atoms with Crippen molar-refractivity contribution in [2.45, 2.75) is 13.5 Å². The molecule has 0 bridgehead atoms. The summed E-state index contributed by atoms with van der Waals surface area (Å²) in [5, 5.41) is 8.87. The van der Waals surface area contributed by atoms with Crippen LogP contribution in [0, 0.1) is 6.92 Å². The van der Waals surface area contributed by atoms with Crippen molar-refractivity contribution in [3.8, 4) is 5.75 Å². The van der Waals surface area contributed by atoms with Crippen molar-refractivity contribution < 1.29 is 9.84 Å². The van der Waals surface area contributed by atoms with Crippen LogP contribution >= 0.6 is 0 Å². The van der Waals surface area contributed by atoms with Crippen LogP contribution in [0.15, 0.2) is 12.3 Å². The van der Waals surface area contributed by atoms with Crippen molar-refractivity contribution in [2.24, 2.45) is 0 Å². The Kier molecular flexibility index (Phi) is 2.44. The number of methoxy groups -OCH3 is 1. The Hall–Kier alpha value is -1.09. The molecule has 0 saturated heterocycles. The van der Waals surface area contributed by atoms with Crippen LogP contribution in [-0.2, 0) is 6.61 Å². The maximum Gasteiger partial charge on any atom is 0.145 e. The van der Waals surface area contributed by atoms with Gasteiger partial charge in [-0.1, -0.05) is 0 Å². The SMILES string of the molecule is COc1c(CO)ccnc1C. The molecule has 0 saturated carbocycles. The number of aliphatic hydroxyl groups is 1. The standard InChI is InChI=1S/C8H11NO2/c1-6-8(11-2)7(5-10)3-4-9-6/h3-4,10H,5H2,1-2H3. The molecule has 0 spiro atoms. The van der Waals surface area contributed by atoms with Gasteiger partial charge >= 0.3 is 0 Å². The van der Waals surface area contributed by atoms with Crippen LogP contribution in [0.3, 0.4) is 0 Å². The van der Waals surface area contributed by atoms with Gasteiger partial charge in [0.15, 0.2) is 0 Å². The molecule has 0 unspecified atom stereocenters. The molecule has 0 aromatic carbocycles. The molecule has 0 aliphatic heterocycles. The first-order valence-corrected chi connectivity index (χ1v) is 3.39. The van der Waals surface area contributed by atoms with Crippen LogP contribution < -0.4 is 4.74 Å². The lowest BCUT2D eigenvalue weighted by atomic mass is 10.2. The molecule has 0 aliphatic carbocycles. The fourth-order valence-corrected chi connectivity index (χ4v) is 1.01. The summed E-state index contributed by atoms with van der Waals surface area (Å²) in [7, 11) is 1.57. The highest BCUT2D eigenvalue weighted by Gasteiger charge is 2.03. The van der Waals surface area contributed by atoms with Crippen molar-refractivity contribution in [1.29, 1.82) is 0 Å². The molecule has 0 fully saturated rings. The lowest BCUT2D eigenvalue weighted by Gasteiger charge is -2.06. The maximum absolute atomic E-state index is 8.87. The highest BCUT2D eigenvalue weighted by molar-refractivity contribution is 5.35. The third-order valence-corrected chi connectivity index (χ3v) is 1.54. The molecule has 11 heavy (non-hydrogen) atoms. The summed E-state index contributed by atoms with van der Waals surface area (Å²) in [5.41, 5.74) is 1.58. The minimum absolute atomic E-state index is 0.00741. The average molecular weight is 153 g/mol. The van der Waals surface area contributed by atoms with Crippen LogP contribution in [0.4, 0.5) is 0 Å². The average Bonchev–Trinajstić information content (AvgIpc) is 2.04. The largest absolute Gasteiger partial charge is 0.494 e. The molecule has 0 amide bonds. The zero-order valence-electron chi connectivity index (χ0n) is 6.66. The number of ether oxygens (including phenoxy) is 1. The predicted octanol–water partition coefficient (Wildman–Crippen LogP) is 0.891. The second-order valence-corrected chi connectivity index (χ2v) is 2.25. The van der Waals surface area contributed by atoms with Gasteiger partial charge in [-0.3, -0.25) is 4.98 Å². The summed E-state index contributed by atoms with van der Waals surface area (Å²) >= 11 is 0. The van der Waals surface area contributed by atoms with Crippen LogP contribution in [0.2, 0.25) is 0 Å². The zero-order chi connectivity index (χ0) is 8.27. The second-order valence-electron chi connectivity index (χ2n) is 2.25. The third kappa shape index (κ3) is 1.49. The molecular formula is C8H11NO2. The van der Waals surface area contributed by atoms with Crippen LogP contribution in [-0.4, -0.2) is 17.2 Å². The van der Waals surface area contributed by atoms with Crippen LogP contribution in [0.1, 0.15) is 11.3 Å². The van der Waals surface area contributed by atoms with E-state index in [1.54, 1.807) is 19.4 Å². The lowest BCUT2D eigenvalue weighted by molar-refractivity contribution is 0.273. The highest BCUT2D eigenvalue weighted by atomic mass is 16.5. The van der Waals surface area contributed by atoms with Gasteiger partial charge in [-0.05, 0) is 13.0 Å². The van der Waals surface area contributed by atoms with Gasteiger partial charge in [0.2, 0.25) is 0 Å². The molecule has 1 rings (SSSR count).